The molecule has 0 aromatic carbocycles. The molecule has 15 heavy (non-hydrogen) atoms. The highest BCUT2D eigenvalue weighted by molar-refractivity contribution is 4.91. The first-order valence-electron chi connectivity index (χ1n) is 6.26. The van der Waals surface area contributed by atoms with Crippen LogP contribution in [0.1, 0.15) is 52.4 Å². The van der Waals surface area contributed by atoms with E-state index in [9.17, 15) is 0 Å². The molecule has 0 spiro atoms. The molecule has 0 atom stereocenters. The second-order valence-electron chi connectivity index (χ2n) is 5.43. The zero-order valence-electron chi connectivity index (χ0n) is 10.2. The van der Waals surface area contributed by atoms with Gasteiger partial charge in [-0.2, -0.15) is 5.26 Å². The lowest BCUT2D eigenvalue weighted by molar-refractivity contribution is 0.424. The molecule has 86 valence electrons. The van der Waals surface area contributed by atoms with Gasteiger partial charge >= 0.3 is 0 Å². The minimum absolute atomic E-state index is 0.143. The van der Waals surface area contributed by atoms with Crippen molar-refractivity contribution < 1.29 is 0 Å². The third-order valence-corrected chi connectivity index (χ3v) is 3.12. The van der Waals surface area contributed by atoms with Crippen LogP contribution in [0.15, 0.2) is 0 Å². The Balaban J connectivity index is 1.82. The predicted molar refractivity (Wildman–Crippen MR) is 63.5 cm³/mol. The molecule has 1 rings (SSSR count). The first-order chi connectivity index (χ1) is 7.14. The maximum Gasteiger partial charge on any atom is 0.0683 e. The molecule has 1 N–H and O–H groups in total. The molecular weight excluding hydrogens is 184 g/mol. The van der Waals surface area contributed by atoms with Crippen LogP contribution in [0.4, 0.5) is 0 Å². The highest BCUT2D eigenvalue weighted by Gasteiger charge is 2.19. The van der Waals surface area contributed by atoms with Crippen molar-refractivity contribution in [2.45, 2.75) is 52.4 Å². The molecule has 0 aromatic rings. The summed E-state index contributed by atoms with van der Waals surface area (Å²) in [6.07, 6.45) is 7.79. The molecule has 0 bridgehead atoms. The van der Waals surface area contributed by atoms with Crippen molar-refractivity contribution in [3.05, 3.63) is 0 Å². The monoisotopic (exact) mass is 208 g/mol. The van der Waals surface area contributed by atoms with Gasteiger partial charge in [-0.1, -0.05) is 12.8 Å². The minimum Gasteiger partial charge on any atom is -0.317 e. The highest BCUT2D eigenvalue weighted by atomic mass is 14.8. The van der Waals surface area contributed by atoms with E-state index in [0.29, 0.717) is 0 Å². The number of hydrogen-bond donors (Lipinski definition) is 1. The molecular formula is C13H24N2. The van der Waals surface area contributed by atoms with Crippen molar-refractivity contribution in [1.29, 1.82) is 5.26 Å². The van der Waals surface area contributed by atoms with Gasteiger partial charge in [0.25, 0.3) is 0 Å². The van der Waals surface area contributed by atoms with E-state index in [1.54, 1.807) is 0 Å². The summed E-state index contributed by atoms with van der Waals surface area (Å²) in [5, 5.41) is 12.3. The second-order valence-corrected chi connectivity index (χ2v) is 5.43. The maximum absolute atomic E-state index is 8.83. The lowest BCUT2D eigenvalue weighted by Crippen LogP contribution is -2.19. The highest BCUT2D eigenvalue weighted by Crippen LogP contribution is 2.33. The van der Waals surface area contributed by atoms with E-state index in [-0.39, 0.29) is 5.41 Å². The number of nitriles is 1. The van der Waals surface area contributed by atoms with Gasteiger partial charge in [-0.05, 0) is 58.5 Å². The molecule has 0 saturated heterocycles. The van der Waals surface area contributed by atoms with E-state index in [1.807, 2.05) is 13.8 Å². The predicted octanol–water partition coefficient (Wildman–Crippen LogP) is 3.10. The maximum atomic E-state index is 8.83. The molecule has 1 aliphatic rings. The third kappa shape index (κ3) is 6.52. The van der Waals surface area contributed by atoms with Gasteiger partial charge in [0.05, 0.1) is 11.5 Å². The Kier molecular flexibility index (Phi) is 5.11. The lowest BCUT2D eigenvalue weighted by Gasteiger charge is -2.14. The van der Waals surface area contributed by atoms with Gasteiger partial charge < -0.3 is 5.32 Å². The summed E-state index contributed by atoms with van der Waals surface area (Å²) in [6, 6.07) is 2.34. The fourth-order valence-corrected chi connectivity index (χ4v) is 1.76. The molecule has 0 aliphatic heterocycles. The van der Waals surface area contributed by atoms with Crippen LogP contribution < -0.4 is 5.32 Å². The van der Waals surface area contributed by atoms with Crippen LogP contribution in [0.25, 0.3) is 0 Å². The van der Waals surface area contributed by atoms with Crippen molar-refractivity contribution in [1.82, 2.24) is 5.32 Å². The summed E-state index contributed by atoms with van der Waals surface area (Å²) < 4.78 is 0. The van der Waals surface area contributed by atoms with Crippen LogP contribution in [-0.2, 0) is 0 Å². The molecule has 1 fully saturated rings. The summed E-state index contributed by atoms with van der Waals surface area (Å²) in [5.41, 5.74) is -0.143. The second kappa shape index (κ2) is 6.12. The molecule has 0 unspecified atom stereocenters. The number of hydrogen-bond acceptors (Lipinski definition) is 2. The molecule has 0 radical (unpaired) electrons. The molecule has 1 saturated carbocycles. The standard InChI is InChI=1S/C13H24N2/c1-13(2,11-14)8-4-10-15-9-3-5-12-6-7-12/h12,15H,3-10H2,1-2H3. The fraction of sp³-hybridized carbons (Fsp3) is 0.923. The van der Waals surface area contributed by atoms with Crippen molar-refractivity contribution >= 4 is 0 Å². The number of rotatable bonds is 8. The van der Waals surface area contributed by atoms with E-state index in [1.165, 1.54) is 25.7 Å². The summed E-state index contributed by atoms with van der Waals surface area (Å²) >= 11 is 0. The molecule has 2 heteroatoms. The number of nitrogens with one attached hydrogen (secondary N) is 1. The van der Waals surface area contributed by atoms with Crippen LogP contribution in [0.2, 0.25) is 0 Å². The van der Waals surface area contributed by atoms with Gasteiger partial charge in [-0.25, -0.2) is 0 Å². The molecule has 0 heterocycles. The summed E-state index contributed by atoms with van der Waals surface area (Å²) in [7, 11) is 0. The van der Waals surface area contributed by atoms with E-state index < -0.39 is 0 Å². The number of nitrogens with zero attached hydrogens (tertiary/aromatic N) is 1. The van der Waals surface area contributed by atoms with Crippen molar-refractivity contribution in [3.63, 3.8) is 0 Å². The molecule has 0 aromatic heterocycles. The minimum atomic E-state index is -0.143. The van der Waals surface area contributed by atoms with Gasteiger partial charge in [0.2, 0.25) is 0 Å². The van der Waals surface area contributed by atoms with Crippen molar-refractivity contribution in [2.24, 2.45) is 11.3 Å². The Morgan fingerprint density at radius 1 is 1.27 bits per heavy atom. The third-order valence-electron chi connectivity index (χ3n) is 3.12. The molecule has 1 aliphatic carbocycles. The quantitative estimate of drug-likeness (QED) is 0.622. The van der Waals surface area contributed by atoms with Crippen molar-refractivity contribution in [3.8, 4) is 6.07 Å². The zero-order valence-corrected chi connectivity index (χ0v) is 10.2. The Morgan fingerprint density at radius 2 is 1.93 bits per heavy atom. The average Bonchev–Trinajstić information content (AvgIpc) is 3.00. The summed E-state index contributed by atoms with van der Waals surface area (Å²) in [4.78, 5) is 0. The van der Waals surface area contributed by atoms with E-state index in [2.05, 4.69) is 11.4 Å². The van der Waals surface area contributed by atoms with Gasteiger partial charge in [0.15, 0.2) is 0 Å². The Morgan fingerprint density at radius 3 is 2.53 bits per heavy atom. The normalized spacial score (nSPS) is 16.3. The van der Waals surface area contributed by atoms with E-state index >= 15 is 0 Å². The van der Waals surface area contributed by atoms with Gasteiger partial charge in [-0.15, -0.1) is 0 Å². The zero-order chi connectivity index (χ0) is 11.1. The Bertz CT molecular complexity index is 211. The van der Waals surface area contributed by atoms with Gasteiger partial charge in [0, 0.05) is 0 Å². The van der Waals surface area contributed by atoms with Crippen LogP contribution >= 0.6 is 0 Å². The fourth-order valence-electron chi connectivity index (χ4n) is 1.76. The van der Waals surface area contributed by atoms with Crippen LogP contribution in [0.5, 0.6) is 0 Å². The lowest BCUT2D eigenvalue weighted by atomic mass is 9.90. The van der Waals surface area contributed by atoms with E-state index in [4.69, 9.17) is 5.26 Å². The molecule has 2 nitrogen and oxygen atoms in total. The largest absolute Gasteiger partial charge is 0.317 e. The average molecular weight is 208 g/mol. The summed E-state index contributed by atoms with van der Waals surface area (Å²) in [5.74, 6) is 1.06. The van der Waals surface area contributed by atoms with Crippen LogP contribution in [-0.4, -0.2) is 13.1 Å². The Labute approximate surface area is 94.1 Å². The van der Waals surface area contributed by atoms with Gasteiger partial charge in [-0.3, -0.25) is 0 Å². The first kappa shape index (κ1) is 12.5. The van der Waals surface area contributed by atoms with Crippen LogP contribution in [0.3, 0.4) is 0 Å². The SMILES string of the molecule is CC(C)(C#N)CCCNCCCC1CC1. The topological polar surface area (TPSA) is 35.8 Å². The smallest absolute Gasteiger partial charge is 0.0683 e. The van der Waals surface area contributed by atoms with Crippen LogP contribution in [0, 0.1) is 22.7 Å². The first-order valence-corrected chi connectivity index (χ1v) is 6.26. The van der Waals surface area contributed by atoms with E-state index in [0.717, 1.165) is 31.8 Å². The Hall–Kier alpha value is -0.550. The van der Waals surface area contributed by atoms with Crippen molar-refractivity contribution in [2.75, 3.05) is 13.1 Å². The van der Waals surface area contributed by atoms with Gasteiger partial charge in [0.1, 0.15) is 0 Å². The summed E-state index contributed by atoms with van der Waals surface area (Å²) in [6.45, 7) is 6.25. The molecule has 0 amide bonds.